The van der Waals surface area contributed by atoms with Crippen molar-refractivity contribution in [1.29, 1.82) is 0 Å². The first-order valence-corrected chi connectivity index (χ1v) is 9.70. The molecule has 8 heteroatoms. The number of hydrogen-bond donors (Lipinski definition) is 1. The molecule has 2 aromatic carbocycles. The van der Waals surface area contributed by atoms with Crippen molar-refractivity contribution >= 4 is 23.4 Å². The third kappa shape index (κ3) is 5.80. The van der Waals surface area contributed by atoms with Gasteiger partial charge in [-0.05, 0) is 55.0 Å². The fourth-order valence-electron chi connectivity index (χ4n) is 2.23. The van der Waals surface area contributed by atoms with Crippen LogP contribution in [0.2, 0.25) is 5.02 Å². The Bertz CT molecular complexity index is 871. The van der Waals surface area contributed by atoms with Gasteiger partial charge in [0.1, 0.15) is 23.9 Å². The molecule has 6 nitrogen and oxygen atoms in total. The van der Waals surface area contributed by atoms with E-state index in [-0.39, 0.29) is 0 Å². The molecule has 3 aromatic rings. The zero-order valence-electron chi connectivity index (χ0n) is 15.1. The zero-order valence-corrected chi connectivity index (χ0v) is 16.6. The van der Waals surface area contributed by atoms with E-state index in [9.17, 15) is 0 Å². The number of methoxy groups -OCH3 is 1. The maximum Gasteiger partial charge on any atom is 0.208 e. The Morgan fingerprint density at radius 1 is 1.04 bits per heavy atom. The molecule has 0 radical (unpaired) electrons. The number of aromatic nitrogens is 3. The number of hydrogen-bond acceptors (Lipinski definition) is 6. The maximum absolute atomic E-state index is 6.01. The minimum atomic E-state index is 0.316. The van der Waals surface area contributed by atoms with Gasteiger partial charge in [-0.2, -0.15) is 0 Å². The van der Waals surface area contributed by atoms with E-state index in [0.29, 0.717) is 24.2 Å². The summed E-state index contributed by atoms with van der Waals surface area (Å²) < 4.78 is 16.5. The van der Waals surface area contributed by atoms with E-state index in [2.05, 4.69) is 15.2 Å². The monoisotopic (exact) mass is 405 g/mol. The molecule has 0 aliphatic rings. The van der Waals surface area contributed by atoms with E-state index in [0.717, 1.165) is 33.6 Å². The average molecular weight is 406 g/mol. The number of H-pyrrole nitrogens is 1. The van der Waals surface area contributed by atoms with Gasteiger partial charge < -0.3 is 14.2 Å². The molecule has 1 heterocycles. The molecule has 0 bridgehead atoms. The molecule has 0 aliphatic heterocycles. The number of aryl methyl sites for hydroxylation is 1. The highest BCUT2D eigenvalue weighted by molar-refractivity contribution is 7.99. The van der Waals surface area contributed by atoms with Crippen molar-refractivity contribution in [2.45, 2.75) is 18.7 Å². The van der Waals surface area contributed by atoms with Gasteiger partial charge in [-0.1, -0.05) is 23.4 Å². The summed E-state index contributed by atoms with van der Waals surface area (Å²) in [6.45, 7) is 2.81. The number of halogens is 1. The quantitative estimate of drug-likeness (QED) is 0.416. The normalized spacial score (nSPS) is 10.6. The lowest BCUT2D eigenvalue weighted by Crippen LogP contribution is -2.00. The minimum Gasteiger partial charge on any atom is -0.497 e. The standard InChI is InChI=1S/C19H20ClN3O3S/c1-13-11-16(7-8-17(13)20)26-12-18-21-19(23-22-18)27-10-9-25-15-5-3-14(24-2)4-6-15/h3-8,11H,9-10,12H2,1-2H3,(H,21,22,23). The van der Waals surface area contributed by atoms with Gasteiger partial charge in [0.15, 0.2) is 5.82 Å². The highest BCUT2D eigenvalue weighted by Crippen LogP contribution is 2.22. The largest absolute Gasteiger partial charge is 0.497 e. The summed E-state index contributed by atoms with van der Waals surface area (Å²) in [5.41, 5.74) is 0.972. The molecule has 142 valence electrons. The smallest absolute Gasteiger partial charge is 0.208 e. The molecule has 0 unspecified atom stereocenters. The maximum atomic E-state index is 6.01. The highest BCUT2D eigenvalue weighted by Gasteiger charge is 2.06. The number of aromatic amines is 1. The lowest BCUT2D eigenvalue weighted by atomic mass is 10.2. The van der Waals surface area contributed by atoms with Crippen molar-refractivity contribution in [1.82, 2.24) is 15.2 Å². The van der Waals surface area contributed by atoms with Crippen LogP contribution in [0.4, 0.5) is 0 Å². The van der Waals surface area contributed by atoms with Crippen LogP contribution < -0.4 is 14.2 Å². The van der Waals surface area contributed by atoms with E-state index in [4.69, 9.17) is 25.8 Å². The van der Waals surface area contributed by atoms with Crippen LogP contribution in [0.5, 0.6) is 17.2 Å². The first kappa shape index (κ1) is 19.4. The molecule has 0 atom stereocenters. The topological polar surface area (TPSA) is 69.3 Å². The van der Waals surface area contributed by atoms with Crippen molar-refractivity contribution in [3.05, 3.63) is 58.9 Å². The van der Waals surface area contributed by atoms with E-state index in [1.807, 2.05) is 49.4 Å². The van der Waals surface area contributed by atoms with Gasteiger partial charge in [-0.3, -0.25) is 5.10 Å². The predicted octanol–water partition coefficient (Wildman–Crippen LogP) is 4.53. The molecule has 27 heavy (non-hydrogen) atoms. The highest BCUT2D eigenvalue weighted by atomic mass is 35.5. The van der Waals surface area contributed by atoms with Crippen molar-refractivity contribution in [3.63, 3.8) is 0 Å². The van der Waals surface area contributed by atoms with Crippen LogP contribution in [0.25, 0.3) is 0 Å². The Kier molecular flexibility index (Phi) is 6.84. The lowest BCUT2D eigenvalue weighted by Gasteiger charge is -2.06. The van der Waals surface area contributed by atoms with Gasteiger partial charge in [0, 0.05) is 10.8 Å². The van der Waals surface area contributed by atoms with Crippen LogP contribution in [0, 0.1) is 6.92 Å². The number of nitrogens with one attached hydrogen (secondary N) is 1. The summed E-state index contributed by atoms with van der Waals surface area (Å²) in [6, 6.07) is 13.0. The van der Waals surface area contributed by atoms with Crippen LogP contribution in [0.3, 0.4) is 0 Å². The second-order valence-corrected chi connectivity index (χ2v) is 7.11. The fourth-order valence-corrected chi connectivity index (χ4v) is 2.98. The second kappa shape index (κ2) is 9.53. The zero-order chi connectivity index (χ0) is 19.1. The molecular weight excluding hydrogens is 386 g/mol. The Labute approximate surface area is 167 Å². The minimum absolute atomic E-state index is 0.316. The van der Waals surface area contributed by atoms with Crippen LogP contribution in [0.1, 0.15) is 11.4 Å². The summed E-state index contributed by atoms with van der Waals surface area (Å²) in [6.07, 6.45) is 0. The SMILES string of the molecule is COc1ccc(OCCSc2n[nH]c(COc3ccc(Cl)c(C)c3)n2)cc1. The van der Waals surface area contributed by atoms with Gasteiger partial charge in [-0.15, -0.1) is 5.10 Å². The molecule has 0 amide bonds. The lowest BCUT2D eigenvalue weighted by molar-refractivity contribution is 0.296. The summed E-state index contributed by atoms with van der Waals surface area (Å²) in [5, 5.41) is 8.45. The Balaban J connectivity index is 1.40. The van der Waals surface area contributed by atoms with Crippen molar-refractivity contribution in [3.8, 4) is 17.2 Å². The molecule has 0 saturated carbocycles. The molecule has 0 saturated heterocycles. The van der Waals surface area contributed by atoms with E-state index in [1.54, 1.807) is 7.11 Å². The molecular formula is C19H20ClN3O3S. The van der Waals surface area contributed by atoms with Gasteiger partial charge in [-0.25, -0.2) is 4.98 Å². The van der Waals surface area contributed by atoms with Crippen molar-refractivity contribution in [2.24, 2.45) is 0 Å². The predicted molar refractivity (Wildman–Crippen MR) is 106 cm³/mol. The molecule has 0 aliphatic carbocycles. The second-order valence-electron chi connectivity index (χ2n) is 5.64. The molecule has 0 fully saturated rings. The summed E-state index contributed by atoms with van der Waals surface area (Å²) in [5.74, 6) is 3.76. The Morgan fingerprint density at radius 3 is 2.52 bits per heavy atom. The number of benzene rings is 2. The van der Waals surface area contributed by atoms with Crippen LogP contribution in [-0.4, -0.2) is 34.7 Å². The van der Waals surface area contributed by atoms with Crippen LogP contribution >= 0.6 is 23.4 Å². The first-order valence-electron chi connectivity index (χ1n) is 8.34. The number of ether oxygens (including phenoxy) is 3. The van der Waals surface area contributed by atoms with Crippen LogP contribution in [0.15, 0.2) is 47.6 Å². The van der Waals surface area contributed by atoms with Gasteiger partial charge >= 0.3 is 0 Å². The molecule has 1 N–H and O–H groups in total. The number of thioether (sulfide) groups is 1. The van der Waals surface area contributed by atoms with Crippen molar-refractivity contribution in [2.75, 3.05) is 19.5 Å². The van der Waals surface area contributed by atoms with E-state index in [1.165, 1.54) is 11.8 Å². The van der Waals surface area contributed by atoms with E-state index >= 15 is 0 Å². The summed E-state index contributed by atoms with van der Waals surface area (Å²) in [4.78, 5) is 4.41. The Hall–Kier alpha value is -2.38. The molecule has 3 rings (SSSR count). The van der Waals surface area contributed by atoms with Gasteiger partial charge in [0.25, 0.3) is 0 Å². The number of rotatable bonds is 9. The average Bonchev–Trinajstić information content (AvgIpc) is 3.14. The summed E-state index contributed by atoms with van der Waals surface area (Å²) in [7, 11) is 1.64. The van der Waals surface area contributed by atoms with Gasteiger partial charge in [0.05, 0.1) is 13.7 Å². The third-order valence-corrected chi connectivity index (χ3v) is 4.89. The molecule has 0 spiro atoms. The van der Waals surface area contributed by atoms with Crippen molar-refractivity contribution < 1.29 is 14.2 Å². The first-order chi connectivity index (χ1) is 13.1. The fraction of sp³-hybridized carbons (Fsp3) is 0.263. The third-order valence-electron chi connectivity index (χ3n) is 3.66. The number of nitrogens with zero attached hydrogens (tertiary/aromatic N) is 2. The summed E-state index contributed by atoms with van der Waals surface area (Å²) >= 11 is 7.53. The van der Waals surface area contributed by atoms with E-state index < -0.39 is 0 Å². The van der Waals surface area contributed by atoms with Crippen LogP contribution in [-0.2, 0) is 6.61 Å². The Morgan fingerprint density at radius 2 is 1.78 bits per heavy atom. The van der Waals surface area contributed by atoms with Gasteiger partial charge in [0.2, 0.25) is 5.16 Å². The molecule has 1 aromatic heterocycles.